The molecule has 0 unspecified atom stereocenters. The van der Waals surface area contributed by atoms with Crippen LogP contribution >= 0.6 is 0 Å². The van der Waals surface area contributed by atoms with E-state index in [1.54, 1.807) is 0 Å². The van der Waals surface area contributed by atoms with Gasteiger partial charge in [-0.3, -0.25) is 0 Å². The van der Waals surface area contributed by atoms with E-state index in [0.717, 1.165) is 17.1 Å². The zero-order chi connectivity index (χ0) is 34.0. The van der Waals surface area contributed by atoms with E-state index in [0.29, 0.717) is 0 Å². The van der Waals surface area contributed by atoms with Gasteiger partial charge < -0.3 is 4.90 Å². The Morgan fingerprint density at radius 1 is 0.255 bits per heavy atom. The fraction of sp³-hybridized carbons (Fsp3) is 0. The normalized spacial score (nSPS) is 11.1. The summed E-state index contributed by atoms with van der Waals surface area (Å²) >= 11 is 0. The van der Waals surface area contributed by atoms with E-state index in [2.05, 4.69) is 217 Å². The lowest BCUT2D eigenvalue weighted by Gasteiger charge is -2.28. The van der Waals surface area contributed by atoms with E-state index in [4.69, 9.17) is 0 Å². The Hall–Kier alpha value is -6.70. The molecule has 0 bridgehead atoms. The molecule has 0 fully saturated rings. The molecular weight excluding hydrogens is 615 g/mol. The van der Waals surface area contributed by atoms with Crippen molar-refractivity contribution < 1.29 is 0 Å². The molecule has 0 amide bonds. The van der Waals surface area contributed by atoms with Gasteiger partial charge in [0.15, 0.2) is 0 Å². The lowest BCUT2D eigenvalue weighted by Crippen LogP contribution is -2.11. The molecule has 0 spiro atoms. The van der Waals surface area contributed by atoms with Gasteiger partial charge in [-0.1, -0.05) is 170 Å². The van der Waals surface area contributed by atoms with Crippen molar-refractivity contribution in [1.82, 2.24) is 0 Å². The summed E-state index contributed by atoms with van der Waals surface area (Å²) in [5.74, 6) is 0. The Kier molecular flexibility index (Phi) is 7.92. The fourth-order valence-electron chi connectivity index (χ4n) is 7.44. The van der Waals surface area contributed by atoms with Crippen LogP contribution in [0.25, 0.3) is 66.1 Å². The zero-order valence-corrected chi connectivity index (χ0v) is 28.2. The Morgan fingerprint density at radius 3 is 1.41 bits per heavy atom. The molecule has 1 heteroatoms. The van der Waals surface area contributed by atoms with Crippen LogP contribution < -0.4 is 4.90 Å². The van der Waals surface area contributed by atoms with Crippen molar-refractivity contribution in [3.05, 3.63) is 212 Å². The summed E-state index contributed by atoms with van der Waals surface area (Å²) in [6, 6.07) is 76.6. The Morgan fingerprint density at radius 2 is 0.725 bits per heavy atom. The van der Waals surface area contributed by atoms with E-state index in [-0.39, 0.29) is 0 Å². The quantitative estimate of drug-likeness (QED) is 0.155. The number of hydrogen-bond acceptors (Lipinski definition) is 1. The van der Waals surface area contributed by atoms with Gasteiger partial charge in [0.25, 0.3) is 0 Å². The summed E-state index contributed by atoms with van der Waals surface area (Å²) in [6.07, 6.45) is 0. The number of fused-ring (bicyclic) bond motifs is 3. The second kappa shape index (κ2) is 13.3. The Labute approximate surface area is 299 Å². The molecule has 0 aliphatic heterocycles. The molecule has 9 aromatic rings. The highest BCUT2D eigenvalue weighted by Crippen LogP contribution is 2.44. The molecule has 9 rings (SSSR count). The predicted molar refractivity (Wildman–Crippen MR) is 218 cm³/mol. The highest BCUT2D eigenvalue weighted by Gasteiger charge is 2.19. The van der Waals surface area contributed by atoms with E-state index in [9.17, 15) is 0 Å². The predicted octanol–water partition coefficient (Wildman–Crippen LogP) is 14.1. The second-order valence-electron chi connectivity index (χ2n) is 12.9. The van der Waals surface area contributed by atoms with Gasteiger partial charge in [0.1, 0.15) is 0 Å². The molecule has 9 aromatic carbocycles. The molecule has 0 saturated carbocycles. The first-order valence-electron chi connectivity index (χ1n) is 17.5. The highest BCUT2D eigenvalue weighted by atomic mass is 15.1. The van der Waals surface area contributed by atoms with Crippen LogP contribution in [0.1, 0.15) is 0 Å². The second-order valence-corrected chi connectivity index (χ2v) is 12.9. The van der Waals surface area contributed by atoms with Gasteiger partial charge in [0, 0.05) is 16.9 Å². The minimum absolute atomic E-state index is 1.10. The topological polar surface area (TPSA) is 3.24 Å². The standard InChI is InChI=1S/C50H35N/c1-4-16-36(17-5-1)43-23-12-13-24-44(43)40-30-33-50(49(35-40)37-18-6-2-7-19-37)51(41-21-8-3-9-22-41)42-31-28-38(29-32-42)48-34-39-20-10-11-25-45(39)46-26-14-15-27-47(46)48/h1-35H. The van der Waals surface area contributed by atoms with E-state index in [1.165, 1.54) is 66.1 Å². The third-order valence-electron chi connectivity index (χ3n) is 9.86. The highest BCUT2D eigenvalue weighted by molar-refractivity contribution is 6.13. The maximum atomic E-state index is 2.39. The number of anilines is 3. The van der Waals surface area contributed by atoms with Crippen molar-refractivity contribution in [1.29, 1.82) is 0 Å². The average Bonchev–Trinajstić information content (AvgIpc) is 3.22. The molecule has 0 N–H and O–H groups in total. The minimum Gasteiger partial charge on any atom is -0.310 e. The molecule has 0 aliphatic carbocycles. The van der Waals surface area contributed by atoms with Gasteiger partial charge in [-0.05, 0) is 103 Å². The molecular formula is C50H35N. The Balaban J connectivity index is 1.20. The molecule has 0 atom stereocenters. The number of hydrogen-bond donors (Lipinski definition) is 0. The van der Waals surface area contributed by atoms with Crippen LogP contribution in [0.2, 0.25) is 0 Å². The molecule has 0 aromatic heterocycles. The molecule has 1 nitrogen and oxygen atoms in total. The van der Waals surface area contributed by atoms with Crippen molar-refractivity contribution >= 4 is 38.6 Å². The molecule has 0 aliphatic rings. The van der Waals surface area contributed by atoms with Crippen molar-refractivity contribution in [2.24, 2.45) is 0 Å². The van der Waals surface area contributed by atoms with E-state index < -0.39 is 0 Å². The number of nitrogens with zero attached hydrogens (tertiary/aromatic N) is 1. The maximum Gasteiger partial charge on any atom is 0.0540 e. The fourth-order valence-corrected chi connectivity index (χ4v) is 7.44. The first kappa shape index (κ1) is 30.4. The lowest BCUT2D eigenvalue weighted by atomic mass is 9.91. The summed E-state index contributed by atoms with van der Waals surface area (Å²) in [5, 5.41) is 5.08. The number of rotatable bonds is 7. The van der Waals surface area contributed by atoms with Gasteiger partial charge in [0.2, 0.25) is 0 Å². The summed E-state index contributed by atoms with van der Waals surface area (Å²) in [6.45, 7) is 0. The maximum absolute atomic E-state index is 2.39. The average molecular weight is 650 g/mol. The van der Waals surface area contributed by atoms with Crippen LogP contribution in [-0.2, 0) is 0 Å². The first-order valence-corrected chi connectivity index (χ1v) is 17.5. The number of para-hydroxylation sites is 1. The van der Waals surface area contributed by atoms with Crippen LogP contribution in [0.15, 0.2) is 212 Å². The van der Waals surface area contributed by atoms with E-state index in [1.807, 2.05) is 0 Å². The van der Waals surface area contributed by atoms with Crippen molar-refractivity contribution in [3.63, 3.8) is 0 Å². The SMILES string of the molecule is c1ccc(-c2ccccc2-c2ccc(N(c3ccccc3)c3ccc(-c4cc5ccccc5c5ccccc45)cc3)c(-c3ccccc3)c2)cc1. The summed E-state index contributed by atoms with van der Waals surface area (Å²) < 4.78 is 0. The molecule has 0 saturated heterocycles. The lowest BCUT2D eigenvalue weighted by molar-refractivity contribution is 1.28. The van der Waals surface area contributed by atoms with Crippen LogP contribution in [0.3, 0.4) is 0 Å². The summed E-state index contributed by atoms with van der Waals surface area (Å²) in [7, 11) is 0. The first-order chi connectivity index (χ1) is 25.3. The molecule has 0 radical (unpaired) electrons. The van der Waals surface area contributed by atoms with Crippen molar-refractivity contribution in [2.75, 3.05) is 4.90 Å². The van der Waals surface area contributed by atoms with Crippen LogP contribution in [0.5, 0.6) is 0 Å². The summed E-state index contributed by atoms with van der Waals surface area (Å²) in [5.41, 5.74) is 13.0. The molecule has 240 valence electrons. The minimum atomic E-state index is 1.10. The third kappa shape index (κ3) is 5.75. The molecule has 0 heterocycles. The van der Waals surface area contributed by atoms with Crippen molar-refractivity contribution in [3.8, 4) is 44.5 Å². The monoisotopic (exact) mass is 649 g/mol. The largest absolute Gasteiger partial charge is 0.310 e. The molecule has 51 heavy (non-hydrogen) atoms. The van der Waals surface area contributed by atoms with Gasteiger partial charge in [-0.25, -0.2) is 0 Å². The zero-order valence-electron chi connectivity index (χ0n) is 28.2. The summed E-state index contributed by atoms with van der Waals surface area (Å²) in [4.78, 5) is 2.39. The smallest absolute Gasteiger partial charge is 0.0540 e. The van der Waals surface area contributed by atoms with Crippen LogP contribution in [-0.4, -0.2) is 0 Å². The van der Waals surface area contributed by atoms with Crippen LogP contribution in [0.4, 0.5) is 17.1 Å². The Bertz CT molecular complexity index is 2610. The van der Waals surface area contributed by atoms with E-state index >= 15 is 0 Å². The van der Waals surface area contributed by atoms with Gasteiger partial charge >= 0.3 is 0 Å². The van der Waals surface area contributed by atoms with Gasteiger partial charge in [-0.2, -0.15) is 0 Å². The van der Waals surface area contributed by atoms with Crippen molar-refractivity contribution in [2.45, 2.75) is 0 Å². The van der Waals surface area contributed by atoms with Crippen LogP contribution in [0, 0.1) is 0 Å². The third-order valence-corrected chi connectivity index (χ3v) is 9.86. The van der Waals surface area contributed by atoms with Gasteiger partial charge in [-0.15, -0.1) is 0 Å². The number of benzene rings is 9. The van der Waals surface area contributed by atoms with Gasteiger partial charge in [0.05, 0.1) is 5.69 Å².